The molecule has 0 aromatic carbocycles. The highest BCUT2D eigenvalue weighted by molar-refractivity contribution is 5.94. The van der Waals surface area contributed by atoms with E-state index in [0.29, 0.717) is 11.5 Å². The molecule has 1 aliphatic heterocycles. The molecule has 92 valence electrons. The highest BCUT2D eigenvalue weighted by Gasteiger charge is 2.21. The summed E-state index contributed by atoms with van der Waals surface area (Å²) < 4.78 is 0. The molecule has 0 amide bonds. The fourth-order valence-electron chi connectivity index (χ4n) is 2.01. The molecular formula is C11H16N4O2. The van der Waals surface area contributed by atoms with Crippen molar-refractivity contribution in [2.75, 3.05) is 31.2 Å². The molecule has 0 spiro atoms. The number of nitrogens with zero attached hydrogens (tertiary/aromatic N) is 2. The van der Waals surface area contributed by atoms with E-state index < -0.39 is 5.97 Å². The van der Waals surface area contributed by atoms with Crippen LogP contribution in [-0.2, 0) is 0 Å². The van der Waals surface area contributed by atoms with Gasteiger partial charge in [-0.25, -0.2) is 9.78 Å². The average molecular weight is 236 g/mol. The van der Waals surface area contributed by atoms with Crippen molar-refractivity contribution in [1.29, 1.82) is 0 Å². The van der Waals surface area contributed by atoms with Gasteiger partial charge in [-0.3, -0.25) is 0 Å². The third-order valence-electron chi connectivity index (χ3n) is 2.87. The summed E-state index contributed by atoms with van der Waals surface area (Å²) in [5.74, 6) is -0.620. The first-order valence-corrected chi connectivity index (χ1v) is 5.50. The average Bonchev–Trinajstić information content (AvgIpc) is 2.66. The number of aromatic nitrogens is 1. The molecule has 6 nitrogen and oxygen atoms in total. The molecule has 0 bridgehead atoms. The van der Waals surface area contributed by atoms with Gasteiger partial charge in [-0.1, -0.05) is 0 Å². The normalized spacial score (nSPS) is 20.4. The standard InChI is InChI=1S/C11H16N4O2/c1-15-3-2-8(6-15)14-10-9(11(16)17)4-7(12)5-13-10/h4-5,8H,2-3,6,12H2,1H3,(H,13,14)(H,16,17). The van der Waals surface area contributed by atoms with Crippen LogP contribution in [0.5, 0.6) is 0 Å². The Morgan fingerprint density at radius 1 is 1.71 bits per heavy atom. The van der Waals surface area contributed by atoms with Crippen LogP contribution in [0.3, 0.4) is 0 Å². The van der Waals surface area contributed by atoms with Crippen LogP contribution in [0, 0.1) is 0 Å². The second-order valence-corrected chi connectivity index (χ2v) is 4.36. The van der Waals surface area contributed by atoms with E-state index in [2.05, 4.69) is 15.2 Å². The Balaban J connectivity index is 2.17. The van der Waals surface area contributed by atoms with Crippen molar-refractivity contribution in [3.63, 3.8) is 0 Å². The third kappa shape index (κ3) is 2.65. The van der Waals surface area contributed by atoms with E-state index in [1.165, 1.54) is 12.3 Å². The molecule has 1 fully saturated rings. The van der Waals surface area contributed by atoms with Gasteiger partial charge in [-0.2, -0.15) is 0 Å². The molecule has 2 heterocycles. The van der Waals surface area contributed by atoms with Gasteiger partial charge in [-0.05, 0) is 26.1 Å². The minimum Gasteiger partial charge on any atom is -0.478 e. The van der Waals surface area contributed by atoms with Gasteiger partial charge in [-0.15, -0.1) is 0 Å². The molecule has 1 saturated heterocycles. The monoisotopic (exact) mass is 236 g/mol. The predicted molar refractivity (Wildman–Crippen MR) is 65.1 cm³/mol. The number of carbonyl (C=O) groups is 1. The number of hydrogen-bond donors (Lipinski definition) is 3. The molecule has 1 atom stereocenters. The van der Waals surface area contributed by atoms with Gasteiger partial charge >= 0.3 is 5.97 Å². The maximum Gasteiger partial charge on any atom is 0.339 e. The van der Waals surface area contributed by atoms with Crippen LogP contribution in [0.2, 0.25) is 0 Å². The van der Waals surface area contributed by atoms with Crippen LogP contribution in [0.25, 0.3) is 0 Å². The number of nitrogens with one attached hydrogen (secondary N) is 1. The third-order valence-corrected chi connectivity index (χ3v) is 2.87. The summed E-state index contributed by atoms with van der Waals surface area (Å²) in [6.45, 7) is 1.90. The molecule has 1 aromatic heterocycles. The summed E-state index contributed by atoms with van der Waals surface area (Å²) in [6.07, 6.45) is 2.45. The van der Waals surface area contributed by atoms with E-state index in [-0.39, 0.29) is 11.6 Å². The quantitative estimate of drug-likeness (QED) is 0.707. The van der Waals surface area contributed by atoms with E-state index in [4.69, 9.17) is 10.8 Å². The first kappa shape index (κ1) is 11.7. The molecule has 0 saturated carbocycles. The Hall–Kier alpha value is -1.82. The topological polar surface area (TPSA) is 91.5 Å². The molecule has 4 N–H and O–H groups in total. The molecule has 0 radical (unpaired) electrons. The number of nitrogen functional groups attached to an aromatic ring is 1. The van der Waals surface area contributed by atoms with Crippen molar-refractivity contribution >= 4 is 17.5 Å². The second kappa shape index (κ2) is 4.58. The summed E-state index contributed by atoms with van der Waals surface area (Å²) in [4.78, 5) is 17.3. The van der Waals surface area contributed by atoms with E-state index >= 15 is 0 Å². The highest BCUT2D eigenvalue weighted by atomic mass is 16.4. The lowest BCUT2D eigenvalue weighted by Gasteiger charge is -2.15. The first-order chi connectivity index (χ1) is 8.06. The van der Waals surface area contributed by atoms with Crippen molar-refractivity contribution in [3.8, 4) is 0 Å². The van der Waals surface area contributed by atoms with Crippen molar-refractivity contribution in [1.82, 2.24) is 9.88 Å². The van der Waals surface area contributed by atoms with Crippen LogP contribution in [0.1, 0.15) is 16.8 Å². The lowest BCUT2D eigenvalue weighted by atomic mass is 10.2. The lowest BCUT2D eigenvalue weighted by molar-refractivity contribution is 0.0697. The zero-order valence-electron chi connectivity index (χ0n) is 9.68. The molecule has 1 aliphatic rings. The van der Waals surface area contributed by atoms with Crippen LogP contribution < -0.4 is 11.1 Å². The Morgan fingerprint density at radius 3 is 3.06 bits per heavy atom. The zero-order valence-corrected chi connectivity index (χ0v) is 9.68. The van der Waals surface area contributed by atoms with Crippen molar-refractivity contribution < 1.29 is 9.90 Å². The SMILES string of the molecule is CN1CCC(Nc2ncc(N)cc2C(=O)O)C1. The number of nitrogens with two attached hydrogens (primary N) is 1. The molecule has 17 heavy (non-hydrogen) atoms. The summed E-state index contributed by atoms with van der Waals surface area (Å²) in [5.41, 5.74) is 6.02. The van der Waals surface area contributed by atoms with Crippen LogP contribution in [-0.4, -0.2) is 47.1 Å². The molecule has 1 unspecified atom stereocenters. The van der Waals surface area contributed by atoms with E-state index in [0.717, 1.165) is 19.5 Å². The fourth-order valence-corrected chi connectivity index (χ4v) is 2.01. The predicted octanol–water partition coefficient (Wildman–Crippen LogP) is 0.478. The van der Waals surface area contributed by atoms with Gasteiger partial charge in [0.2, 0.25) is 0 Å². The van der Waals surface area contributed by atoms with Gasteiger partial charge in [0, 0.05) is 12.6 Å². The molecular weight excluding hydrogens is 220 g/mol. The van der Waals surface area contributed by atoms with Gasteiger partial charge < -0.3 is 21.1 Å². The Labute approximate surface area is 99.4 Å². The van der Waals surface area contributed by atoms with Crippen molar-refractivity contribution in [3.05, 3.63) is 17.8 Å². The number of likely N-dealkylation sites (tertiary alicyclic amines) is 1. The number of carboxylic acids is 1. The van der Waals surface area contributed by atoms with Gasteiger partial charge in [0.25, 0.3) is 0 Å². The number of carboxylic acid groups (broad SMARTS) is 1. The van der Waals surface area contributed by atoms with Crippen LogP contribution >= 0.6 is 0 Å². The van der Waals surface area contributed by atoms with E-state index in [1.54, 1.807) is 0 Å². The fraction of sp³-hybridized carbons (Fsp3) is 0.455. The Bertz CT molecular complexity index is 435. The van der Waals surface area contributed by atoms with Gasteiger partial charge in [0.1, 0.15) is 11.4 Å². The summed E-state index contributed by atoms with van der Waals surface area (Å²) in [7, 11) is 2.04. The van der Waals surface area contributed by atoms with Crippen molar-refractivity contribution in [2.24, 2.45) is 0 Å². The largest absolute Gasteiger partial charge is 0.478 e. The van der Waals surface area contributed by atoms with E-state index in [1.807, 2.05) is 7.05 Å². The molecule has 0 aliphatic carbocycles. The second-order valence-electron chi connectivity index (χ2n) is 4.36. The molecule has 2 rings (SSSR count). The van der Waals surface area contributed by atoms with Crippen molar-refractivity contribution in [2.45, 2.75) is 12.5 Å². The number of hydrogen-bond acceptors (Lipinski definition) is 5. The first-order valence-electron chi connectivity index (χ1n) is 5.50. The minimum atomic E-state index is -1.02. The number of aromatic carboxylic acids is 1. The number of pyridine rings is 1. The number of anilines is 2. The van der Waals surface area contributed by atoms with Gasteiger partial charge in [0.05, 0.1) is 11.9 Å². The van der Waals surface area contributed by atoms with Crippen LogP contribution in [0.4, 0.5) is 11.5 Å². The number of rotatable bonds is 3. The maximum atomic E-state index is 11.1. The highest BCUT2D eigenvalue weighted by Crippen LogP contribution is 2.19. The molecule has 6 heteroatoms. The van der Waals surface area contributed by atoms with E-state index in [9.17, 15) is 4.79 Å². The van der Waals surface area contributed by atoms with Gasteiger partial charge in [0.15, 0.2) is 0 Å². The smallest absolute Gasteiger partial charge is 0.339 e. The van der Waals surface area contributed by atoms with Crippen LogP contribution in [0.15, 0.2) is 12.3 Å². The Morgan fingerprint density at radius 2 is 2.47 bits per heavy atom. The maximum absolute atomic E-state index is 11.1. The summed E-state index contributed by atoms with van der Waals surface area (Å²) >= 11 is 0. The summed E-state index contributed by atoms with van der Waals surface area (Å²) in [6, 6.07) is 1.67. The number of likely N-dealkylation sites (N-methyl/N-ethyl adjacent to an activating group) is 1. The minimum absolute atomic E-state index is 0.125. The lowest BCUT2D eigenvalue weighted by Crippen LogP contribution is -2.25. The Kier molecular flexibility index (Phi) is 3.14. The zero-order chi connectivity index (χ0) is 12.4. The summed E-state index contributed by atoms with van der Waals surface area (Å²) in [5, 5.41) is 12.2. The molecule has 1 aromatic rings.